The number of ketones is 1. The SMILES string of the molecule is COC(C)(C)CCC(=O)/C(C)=C/C=C/C(C)=C/C=C/C(C)=C/C=C/C=C(C)/C=C/C=C(C)/C=C/C=C(\C)CCC=C(C)C. The highest BCUT2D eigenvalue weighted by molar-refractivity contribution is 5.95. The van der Waals surface area contributed by atoms with Crippen molar-refractivity contribution in [1.29, 1.82) is 0 Å². The molecular weight excluding hydrogens is 524 g/mol. The van der Waals surface area contributed by atoms with Gasteiger partial charge in [0.15, 0.2) is 5.78 Å². The van der Waals surface area contributed by atoms with Gasteiger partial charge in [-0.3, -0.25) is 4.79 Å². The lowest BCUT2D eigenvalue weighted by molar-refractivity contribution is -0.116. The molecule has 0 saturated carbocycles. The topological polar surface area (TPSA) is 26.3 Å². The number of hydrogen-bond donors (Lipinski definition) is 0. The van der Waals surface area contributed by atoms with E-state index in [1.54, 1.807) is 7.11 Å². The van der Waals surface area contributed by atoms with Crippen LogP contribution < -0.4 is 0 Å². The molecule has 0 saturated heterocycles. The molecule has 0 aromatic rings. The summed E-state index contributed by atoms with van der Waals surface area (Å²) in [5, 5.41) is 0. The van der Waals surface area contributed by atoms with Crippen molar-refractivity contribution >= 4 is 5.78 Å². The van der Waals surface area contributed by atoms with E-state index in [2.05, 4.69) is 121 Å². The minimum Gasteiger partial charge on any atom is -0.379 e. The fourth-order valence-corrected chi connectivity index (χ4v) is 3.53. The summed E-state index contributed by atoms with van der Waals surface area (Å²) in [6.07, 6.45) is 38.9. The highest BCUT2D eigenvalue weighted by atomic mass is 16.5. The van der Waals surface area contributed by atoms with Crippen molar-refractivity contribution in [2.75, 3.05) is 7.11 Å². The third-order valence-corrected chi connectivity index (χ3v) is 6.75. The van der Waals surface area contributed by atoms with Gasteiger partial charge in [-0.2, -0.15) is 0 Å². The maximum Gasteiger partial charge on any atom is 0.158 e. The van der Waals surface area contributed by atoms with Crippen LogP contribution in [-0.4, -0.2) is 18.5 Å². The van der Waals surface area contributed by atoms with Gasteiger partial charge in [0.2, 0.25) is 0 Å². The van der Waals surface area contributed by atoms with Crippen LogP contribution in [-0.2, 0) is 9.53 Å². The maximum absolute atomic E-state index is 12.3. The molecule has 0 fully saturated rings. The van der Waals surface area contributed by atoms with Gasteiger partial charge in [-0.05, 0) is 94.1 Å². The number of carbonyl (C=O) groups is 1. The molecule has 2 heteroatoms. The van der Waals surface area contributed by atoms with E-state index in [9.17, 15) is 4.79 Å². The zero-order chi connectivity index (χ0) is 32.7. The van der Waals surface area contributed by atoms with Crippen molar-refractivity contribution in [3.05, 3.63) is 142 Å². The summed E-state index contributed by atoms with van der Waals surface area (Å²) in [4.78, 5) is 12.3. The van der Waals surface area contributed by atoms with Gasteiger partial charge >= 0.3 is 0 Å². The molecule has 2 nitrogen and oxygen atoms in total. The van der Waals surface area contributed by atoms with Gasteiger partial charge in [-0.25, -0.2) is 0 Å². The molecule has 0 rings (SSSR count). The lowest BCUT2D eigenvalue weighted by Gasteiger charge is -2.22. The van der Waals surface area contributed by atoms with E-state index in [1.165, 1.54) is 22.3 Å². The number of hydrogen-bond acceptors (Lipinski definition) is 2. The molecule has 0 amide bonds. The van der Waals surface area contributed by atoms with Gasteiger partial charge in [0.1, 0.15) is 0 Å². The molecule has 0 atom stereocenters. The Bertz CT molecular complexity index is 1230. The number of allylic oxidation sites excluding steroid dienone is 24. The number of rotatable bonds is 18. The van der Waals surface area contributed by atoms with E-state index < -0.39 is 0 Å². The normalized spacial score (nSPS) is 15.3. The molecule has 0 aliphatic rings. The van der Waals surface area contributed by atoms with Crippen LogP contribution in [0.15, 0.2) is 142 Å². The van der Waals surface area contributed by atoms with Crippen molar-refractivity contribution in [1.82, 2.24) is 0 Å². The average Bonchev–Trinajstić information content (AvgIpc) is 2.93. The number of methoxy groups -OCH3 is 1. The predicted molar refractivity (Wildman–Crippen MR) is 192 cm³/mol. The van der Waals surface area contributed by atoms with E-state index in [-0.39, 0.29) is 11.4 Å². The molecule has 0 aromatic carbocycles. The van der Waals surface area contributed by atoms with Crippen LogP contribution in [0, 0.1) is 0 Å². The second-order valence-electron chi connectivity index (χ2n) is 12.0. The van der Waals surface area contributed by atoms with Crippen LogP contribution in [0.1, 0.15) is 94.9 Å². The first kappa shape index (κ1) is 39.5. The highest BCUT2D eigenvalue weighted by Gasteiger charge is 2.18. The Morgan fingerprint density at radius 2 is 1.00 bits per heavy atom. The number of Topliss-reactive ketones (excluding diaryl/α,β-unsaturated/α-hetero) is 1. The van der Waals surface area contributed by atoms with Gasteiger partial charge in [0.25, 0.3) is 0 Å². The van der Waals surface area contributed by atoms with Gasteiger partial charge in [-0.15, -0.1) is 0 Å². The largest absolute Gasteiger partial charge is 0.379 e. The standard InChI is InChI=1S/C41H58O2/c1-33(2)19-14-22-36(5)25-17-27-37(6)26-15-23-34(3)20-12-13-21-35(4)24-16-28-38(7)29-18-30-39(8)40(42)31-32-41(9,10)43-11/h12-13,15-21,23-30H,14,22,31-32H2,1-11H3/b13-12+,23-15+,24-16+,27-17+,29-18+,34-20+,35-21+,36-25+,37-26+,38-28+,39-30+. The molecule has 0 radical (unpaired) electrons. The lowest BCUT2D eigenvalue weighted by atomic mass is 9.98. The van der Waals surface area contributed by atoms with Gasteiger partial charge < -0.3 is 4.74 Å². The Kier molecular flexibility index (Phi) is 21.2. The van der Waals surface area contributed by atoms with Crippen molar-refractivity contribution in [3.8, 4) is 0 Å². The number of ether oxygens (including phenoxy) is 1. The molecule has 0 heterocycles. The zero-order valence-electron chi connectivity index (χ0n) is 29.0. The average molecular weight is 583 g/mol. The molecule has 234 valence electrons. The Labute approximate surface area is 264 Å². The summed E-state index contributed by atoms with van der Waals surface area (Å²) in [5.74, 6) is 0.158. The third-order valence-electron chi connectivity index (χ3n) is 6.75. The fraction of sp³-hybridized carbons (Fsp3) is 0.390. The summed E-state index contributed by atoms with van der Waals surface area (Å²) in [5.41, 5.74) is 7.96. The van der Waals surface area contributed by atoms with Crippen molar-refractivity contribution in [2.45, 2.75) is 101 Å². The van der Waals surface area contributed by atoms with Gasteiger partial charge in [-0.1, -0.05) is 137 Å². The molecule has 43 heavy (non-hydrogen) atoms. The molecule has 0 aromatic heterocycles. The molecule has 0 aliphatic heterocycles. The van der Waals surface area contributed by atoms with Crippen molar-refractivity contribution in [2.24, 2.45) is 0 Å². The Balaban J connectivity index is 4.78. The number of carbonyl (C=O) groups excluding carboxylic acids is 1. The monoisotopic (exact) mass is 582 g/mol. The summed E-state index contributed by atoms with van der Waals surface area (Å²) >= 11 is 0. The first-order chi connectivity index (χ1) is 20.3. The first-order valence-corrected chi connectivity index (χ1v) is 15.4. The summed E-state index contributed by atoms with van der Waals surface area (Å²) in [7, 11) is 1.68. The third kappa shape index (κ3) is 23.7. The molecule has 0 N–H and O–H groups in total. The minimum absolute atomic E-state index is 0.158. The van der Waals surface area contributed by atoms with Crippen molar-refractivity contribution in [3.63, 3.8) is 0 Å². The quantitative estimate of drug-likeness (QED) is 0.0912. The molecule has 0 aliphatic carbocycles. The second-order valence-corrected chi connectivity index (χ2v) is 12.0. The van der Waals surface area contributed by atoms with E-state index in [0.717, 1.165) is 29.6 Å². The Morgan fingerprint density at radius 3 is 1.44 bits per heavy atom. The smallest absolute Gasteiger partial charge is 0.158 e. The van der Waals surface area contributed by atoms with Crippen LogP contribution in [0.5, 0.6) is 0 Å². The molecule has 0 bridgehead atoms. The Morgan fingerprint density at radius 1 is 0.581 bits per heavy atom. The zero-order valence-corrected chi connectivity index (χ0v) is 29.0. The van der Waals surface area contributed by atoms with E-state index in [1.807, 2.05) is 52.0 Å². The molecule has 0 spiro atoms. The van der Waals surface area contributed by atoms with Crippen LogP contribution >= 0.6 is 0 Å². The van der Waals surface area contributed by atoms with Gasteiger partial charge in [0.05, 0.1) is 5.60 Å². The van der Waals surface area contributed by atoms with E-state index >= 15 is 0 Å². The van der Waals surface area contributed by atoms with E-state index in [0.29, 0.717) is 12.8 Å². The lowest BCUT2D eigenvalue weighted by Crippen LogP contribution is -2.23. The predicted octanol–water partition coefficient (Wildman–Crippen LogP) is 12.0. The van der Waals surface area contributed by atoms with E-state index in [4.69, 9.17) is 4.74 Å². The Hall–Kier alpha value is -3.49. The second kappa shape index (κ2) is 23.0. The van der Waals surface area contributed by atoms with Crippen LogP contribution in [0.3, 0.4) is 0 Å². The molecule has 0 unspecified atom stereocenters. The minimum atomic E-state index is -0.273. The molecular formula is C41H58O2. The summed E-state index contributed by atoms with van der Waals surface area (Å²) in [6.45, 7) is 20.7. The van der Waals surface area contributed by atoms with Crippen molar-refractivity contribution < 1.29 is 9.53 Å². The van der Waals surface area contributed by atoms with Crippen LogP contribution in [0.4, 0.5) is 0 Å². The maximum atomic E-state index is 12.3. The highest BCUT2D eigenvalue weighted by Crippen LogP contribution is 2.17. The summed E-state index contributed by atoms with van der Waals surface area (Å²) < 4.78 is 5.40. The van der Waals surface area contributed by atoms with Gasteiger partial charge in [0, 0.05) is 13.5 Å². The van der Waals surface area contributed by atoms with Crippen LogP contribution in [0.2, 0.25) is 0 Å². The first-order valence-electron chi connectivity index (χ1n) is 15.4. The fourth-order valence-electron chi connectivity index (χ4n) is 3.53. The van der Waals surface area contributed by atoms with Crippen LogP contribution in [0.25, 0.3) is 0 Å². The summed E-state index contributed by atoms with van der Waals surface area (Å²) in [6, 6.07) is 0.